The third kappa shape index (κ3) is 17.6. The molecule has 0 aliphatic carbocycles. The molecule has 35 heteroatoms. The highest BCUT2D eigenvalue weighted by atomic mass is 16.8. The maximum atomic E-state index is 14.5. The van der Waals surface area contributed by atoms with Gasteiger partial charge in [-0.25, -0.2) is 14.4 Å². The molecule has 3 aromatic rings. The number of hydrogen-bond donors (Lipinski definition) is 14. The van der Waals surface area contributed by atoms with Crippen molar-refractivity contribution >= 4 is 42.0 Å². The highest BCUT2D eigenvalue weighted by molar-refractivity contribution is 5.90. The van der Waals surface area contributed by atoms with Gasteiger partial charge < -0.3 is 147 Å². The topological polar surface area (TPSA) is 516 Å². The van der Waals surface area contributed by atoms with E-state index in [2.05, 4.69) is 0 Å². The first-order chi connectivity index (χ1) is 45.7. The molecule has 96 heavy (non-hydrogen) atoms. The first-order valence-electron chi connectivity index (χ1n) is 29.6. The molecule has 5 aliphatic rings. The van der Waals surface area contributed by atoms with Crippen molar-refractivity contribution in [3.8, 4) is 23.0 Å². The van der Waals surface area contributed by atoms with Gasteiger partial charge in [-0.3, -0.25) is 9.59 Å². The Morgan fingerprint density at radius 3 is 1.48 bits per heavy atom. The van der Waals surface area contributed by atoms with Crippen molar-refractivity contribution < 1.29 is 171 Å². The maximum absolute atomic E-state index is 14.5. The van der Waals surface area contributed by atoms with Gasteiger partial charge in [-0.05, 0) is 59.7 Å². The van der Waals surface area contributed by atoms with Crippen LogP contribution in [0.1, 0.15) is 35.3 Å². The lowest BCUT2D eigenvalue weighted by Gasteiger charge is -2.51. The number of aromatic hydroxyl groups is 2. The summed E-state index contributed by atoms with van der Waals surface area (Å²) >= 11 is 0. The average Bonchev–Trinajstić information content (AvgIpc) is 1.77. The van der Waals surface area contributed by atoms with Gasteiger partial charge >= 0.3 is 29.8 Å². The number of ether oxygens (including phenoxy) is 16. The molecule has 0 bridgehead atoms. The normalized spacial score (nSPS) is 35.4. The van der Waals surface area contributed by atoms with Crippen molar-refractivity contribution in [3.63, 3.8) is 0 Å². The maximum Gasteiger partial charge on any atom is 0.338 e. The fourth-order valence-electron chi connectivity index (χ4n) is 10.8. The predicted molar refractivity (Wildman–Crippen MR) is 310 cm³/mol. The van der Waals surface area contributed by atoms with Gasteiger partial charge in [0.1, 0.15) is 124 Å². The molecule has 0 saturated carbocycles. The van der Waals surface area contributed by atoms with Gasteiger partial charge in [0, 0.05) is 26.0 Å². The lowest BCUT2D eigenvalue weighted by atomic mass is 9.95. The number of aliphatic hydroxyl groups excluding tert-OH is 12. The van der Waals surface area contributed by atoms with Crippen molar-refractivity contribution in [2.24, 2.45) is 0 Å². The van der Waals surface area contributed by atoms with E-state index in [9.17, 15) is 95.5 Å². The minimum atomic E-state index is -3.04. The zero-order valence-corrected chi connectivity index (χ0v) is 51.5. The number of rotatable bonds is 26. The van der Waals surface area contributed by atoms with Gasteiger partial charge in [0.25, 0.3) is 0 Å². The summed E-state index contributed by atoms with van der Waals surface area (Å²) < 4.78 is 94.3. The zero-order chi connectivity index (χ0) is 69.9. The Labute approximate surface area is 545 Å². The minimum absolute atomic E-state index is 0.000359. The van der Waals surface area contributed by atoms with E-state index in [-0.39, 0.29) is 39.7 Å². The molecule has 5 aliphatic heterocycles. The van der Waals surface area contributed by atoms with E-state index in [1.54, 1.807) is 6.07 Å². The SMILES string of the molecule is COc1cc(/C=C/C(=O)OC[C@@]2(O[C@H]3O[C@H](COC(C)=O)[C@@H](OC(=O)/C=C/c4ccc(O)c(OC)c4)[C@H](O[C@@H]4O[C@H](COC(C)=O)[C@@H](O)[C@H](O[C@@H]5O[C@H](CO)[C@@H](O)[C@H](O)[C@H]5O)[C@H]4O)[C@H]3O[C@@H]3O[C@H](CO)[C@@H](O)[C@H](O)[C@H]3O)O[C@H](CO)[C@@H](O)[C@@H]2OC(=O)c2ccccc2)ccc1O. The number of phenols is 2. The Bertz CT molecular complexity index is 3150. The number of hydrogen-bond acceptors (Lipinski definition) is 35. The third-order valence-corrected chi connectivity index (χ3v) is 15.8. The van der Waals surface area contributed by atoms with Gasteiger partial charge in [0.05, 0.1) is 39.6 Å². The molecule has 8 rings (SSSR count). The highest BCUT2D eigenvalue weighted by Crippen LogP contribution is 2.43. The van der Waals surface area contributed by atoms with Gasteiger partial charge in [-0.1, -0.05) is 30.3 Å². The van der Waals surface area contributed by atoms with E-state index in [1.165, 1.54) is 81.0 Å². The van der Waals surface area contributed by atoms with E-state index in [4.69, 9.17) is 75.8 Å². The van der Waals surface area contributed by atoms with Crippen LogP contribution in [0.2, 0.25) is 0 Å². The van der Waals surface area contributed by atoms with Crippen LogP contribution in [-0.2, 0) is 85.5 Å². The lowest BCUT2D eigenvalue weighted by molar-refractivity contribution is -0.423. The molecule has 35 nitrogen and oxygen atoms in total. The monoisotopic (exact) mass is 1370 g/mol. The fraction of sp³-hybridized carbons (Fsp3) is 0.557. The molecule has 5 saturated heterocycles. The Morgan fingerprint density at radius 2 is 0.958 bits per heavy atom. The van der Waals surface area contributed by atoms with Gasteiger partial charge in [-0.15, -0.1) is 0 Å². The predicted octanol–water partition coefficient (Wildman–Crippen LogP) is -4.96. The molecule has 0 amide bonds. The average molecular weight is 1370 g/mol. The zero-order valence-electron chi connectivity index (χ0n) is 51.5. The fourth-order valence-corrected chi connectivity index (χ4v) is 10.8. The first-order valence-corrected chi connectivity index (χ1v) is 29.6. The first kappa shape index (κ1) is 74.6. The molecule has 0 radical (unpaired) electrons. The summed E-state index contributed by atoms with van der Waals surface area (Å²) in [4.78, 5) is 67.8. The van der Waals surface area contributed by atoms with Crippen molar-refractivity contribution in [2.45, 2.75) is 161 Å². The van der Waals surface area contributed by atoms with E-state index < -0.39 is 216 Å². The van der Waals surface area contributed by atoms with Crippen molar-refractivity contribution in [1.82, 2.24) is 0 Å². The van der Waals surface area contributed by atoms with Crippen molar-refractivity contribution in [3.05, 3.63) is 95.6 Å². The Hall–Kier alpha value is -7.15. The van der Waals surface area contributed by atoms with Gasteiger partial charge in [0.2, 0.25) is 5.79 Å². The molecular weight excluding hydrogens is 1290 g/mol. The van der Waals surface area contributed by atoms with E-state index in [1.807, 2.05) is 0 Å². The third-order valence-electron chi connectivity index (χ3n) is 15.8. The number of benzene rings is 3. The van der Waals surface area contributed by atoms with Crippen LogP contribution in [0.5, 0.6) is 23.0 Å². The lowest BCUT2D eigenvalue weighted by Crippen LogP contribution is -2.69. The summed E-state index contributed by atoms with van der Waals surface area (Å²) in [7, 11) is 2.51. The summed E-state index contributed by atoms with van der Waals surface area (Å²) in [6.07, 6.45) is -46.1. The molecule has 24 atom stereocenters. The molecule has 14 N–H and O–H groups in total. The van der Waals surface area contributed by atoms with E-state index in [0.717, 1.165) is 32.1 Å². The van der Waals surface area contributed by atoms with Crippen LogP contribution >= 0.6 is 0 Å². The second-order valence-corrected chi connectivity index (χ2v) is 22.4. The van der Waals surface area contributed by atoms with Crippen LogP contribution in [0.4, 0.5) is 0 Å². The summed E-state index contributed by atoms with van der Waals surface area (Å²) in [6, 6.07) is 14.9. The molecular formula is C61H76O35. The molecule has 530 valence electrons. The number of carbonyl (C=O) groups is 5. The van der Waals surface area contributed by atoms with E-state index >= 15 is 0 Å². The quantitative estimate of drug-likeness (QED) is 0.0203. The summed E-state index contributed by atoms with van der Waals surface area (Å²) in [5.41, 5.74) is 0.304. The molecule has 3 aromatic carbocycles. The molecule has 5 heterocycles. The second kappa shape index (κ2) is 33.4. The van der Waals surface area contributed by atoms with Crippen molar-refractivity contribution in [2.75, 3.05) is 53.9 Å². The summed E-state index contributed by atoms with van der Waals surface area (Å²) in [5, 5.41) is 154. The van der Waals surface area contributed by atoms with Crippen LogP contribution in [0.3, 0.4) is 0 Å². The standard InChI is InChI=1S/C61H76O35/c1-26(65)83-23-38-44(73)52(91-57-48(77)46(75)42(71)35(20-62)86-57)50(79)59(88-38)92-53-51(90-41(70)17-13-29-11-15-32(68)34(19-29)82-4)39(24-84-27(2)66)89-60(54(53)93-58-49(78)47(76)43(72)36(21-63)87-58)96-61(25-85-40(69)16-12-28-10-14-31(67)33(18-28)81-3)55(45(74)37(22-64)95-61)94-56(80)30-8-6-5-7-9-30/h5-19,35-39,42-55,57-60,62-64,67-68,71-79H,20-25H2,1-4H3/b16-12+,17-13+/t35-,36-,37-,38-,39-,42-,43-,44-,45-,46+,47+,48-,49-,50-,51-,52+,53+,54-,55+,57+,58+,59+,60-,61+/m1/s1. The minimum Gasteiger partial charge on any atom is -0.504 e. The molecule has 0 unspecified atom stereocenters. The van der Waals surface area contributed by atoms with Crippen LogP contribution < -0.4 is 9.47 Å². The van der Waals surface area contributed by atoms with Crippen LogP contribution in [0.25, 0.3) is 12.2 Å². The van der Waals surface area contributed by atoms with Gasteiger partial charge in [-0.2, -0.15) is 0 Å². The molecule has 0 spiro atoms. The van der Waals surface area contributed by atoms with Gasteiger partial charge in [0.15, 0.2) is 60.4 Å². The van der Waals surface area contributed by atoms with Crippen molar-refractivity contribution in [1.29, 1.82) is 0 Å². The number of methoxy groups -OCH3 is 2. The summed E-state index contributed by atoms with van der Waals surface area (Å²) in [6.45, 7) is -4.57. The Balaban J connectivity index is 1.31. The Morgan fingerprint density at radius 1 is 0.479 bits per heavy atom. The molecule has 5 fully saturated rings. The highest BCUT2D eigenvalue weighted by Gasteiger charge is 2.64. The second-order valence-electron chi connectivity index (χ2n) is 22.4. The number of esters is 5. The number of carbonyl (C=O) groups excluding carboxylic acids is 5. The number of phenolic OH excluding ortho intramolecular Hbond substituents is 2. The number of aliphatic hydroxyl groups is 12. The largest absolute Gasteiger partial charge is 0.504 e. The summed E-state index contributed by atoms with van der Waals surface area (Å²) in [5.74, 6) is -9.44. The van der Waals surface area contributed by atoms with Crippen LogP contribution in [-0.4, -0.2) is 302 Å². The Kier molecular flexibility index (Phi) is 26.0. The molecule has 0 aromatic heterocycles. The van der Waals surface area contributed by atoms with Crippen LogP contribution in [0.15, 0.2) is 78.9 Å². The van der Waals surface area contributed by atoms with E-state index in [0.29, 0.717) is 0 Å². The van der Waals surface area contributed by atoms with Crippen LogP contribution in [0, 0.1) is 0 Å². The smallest absolute Gasteiger partial charge is 0.338 e.